The summed E-state index contributed by atoms with van der Waals surface area (Å²) in [5, 5.41) is 0. The second-order valence-corrected chi connectivity index (χ2v) is 12.5. The van der Waals surface area contributed by atoms with E-state index in [0.717, 1.165) is 0 Å². The summed E-state index contributed by atoms with van der Waals surface area (Å²) in [5.41, 5.74) is 8.47. The maximum Gasteiger partial charge on any atom is 0.0146 e. The summed E-state index contributed by atoms with van der Waals surface area (Å²) in [5.74, 6) is 0. The standard InChI is InChI=1S/C32H42/c1-29(2,3)23-11-15-25(16-12-23)31(7,8)27-19-21-28(22-20-27)32(9,10)26-17-13-24(14-18-26)30(4,5)6/h11-22H,1-10H3. The second kappa shape index (κ2) is 8.22. The van der Waals surface area contributed by atoms with Crippen molar-refractivity contribution in [1.29, 1.82) is 0 Å². The number of rotatable bonds is 4. The fourth-order valence-corrected chi connectivity index (χ4v) is 4.41. The fourth-order valence-electron chi connectivity index (χ4n) is 4.41. The van der Waals surface area contributed by atoms with Gasteiger partial charge in [-0.2, -0.15) is 0 Å². The van der Waals surface area contributed by atoms with E-state index in [1.165, 1.54) is 33.4 Å². The van der Waals surface area contributed by atoms with Crippen LogP contribution in [0.4, 0.5) is 0 Å². The SMILES string of the molecule is CC(C)(C)c1ccc(C(C)(C)c2ccc(C(C)(C)c3ccc(C(C)(C)C)cc3)cc2)cc1. The second-order valence-electron chi connectivity index (χ2n) is 12.5. The maximum absolute atomic E-state index is 2.32. The Morgan fingerprint density at radius 1 is 0.281 bits per heavy atom. The van der Waals surface area contributed by atoms with Crippen molar-refractivity contribution in [2.45, 2.75) is 90.9 Å². The van der Waals surface area contributed by atoms with Crippen LogP contribution >= 0.6 is 0 Å². The van der Waals surface area contributed by atoms with Crippen LogP contribution < -0.4 is 0 Å². The van der Waals surface area contributed by atoms with Crippen molar-refractivity contribution >= 4 is 0 Å². The highest BCUT2D eigenvalue weighted by molar-refractivity contribution is 5.44. The minimum absolute atomic E-state index is 0.0343. The molecule has 0 bridgehead atoms. The molecule has 0 N–H and O–H groups in total. The average Bonchev–Trinajstić information content (AvgIpc) is 2.73. The first kappa shape index (κ1) is 24.3. The molecule has 0 nitrogen and oxygen atoms in total. The Kier molecular flexibility index (Phi) is 6.24. The molecule has 0 unspecified atom stereocenters. The van der Waals surface area contributed by atoms with Gasteiger partial charge in [-0.3, -0.25) is 0 Å². The molecule has 0 spiro atoms. The van der Waals surface area contributed by atoms with E-state index < -0.39 is 0 Å². The monoisotopic (exact) mass is 426 g/mol. The average molecular weight is 427 g/mol. The van der Waals surface area contributed by atoms with E-state index in [1.54, 1.807) is 0 Å². The molecule has 170 valence electrons. The third-order valence-corrected chi connectivity index (χ3v) is 7.27. The van der Waals surface area contributed by atoms with E-state index in [-0.39, 0.29) is 21.7 Å². The van der Waals surface area contributed by atoms with Crippen molar-refractivity contribution in [3.63, 3.8) is 0 Å². The van der Waals surface area contributed by atoms with E-state index in [0.29, 0.717) is 0 Å². The molecule has 3 aromatic rings. The summed E-state index contributed by atoms with van der Waals surface area (Å²) in [4.78, 5) is 0. The molecule has 0 fully saturated rings. The van der Waals surface area contributed by atoms with Crippen molar-refractivity contribution in [3.05, 3.63) is 106 Å². The van der Waals surface area contributed by atoms with Crippen LogP contribution in [0.15, 0.2) is 72.8 Å². The molecule has 0 saturated heterocycles. The normalized spacial score (nSPS) is 13.3. The predicted molar refractivity (Wildman–Crippen MR) is 141 cm³/mol. The highest BCUT2D eigenvalue weighted by Crippen LogP contribution is 2.37. The van der Waals surface area contributed by atoms with Gasteiger partial charge in [0.15, 0.2) is 0 Å². The van der Waals surface area contributed by atoms with Gasteiger partial charge in [-0.1, -0.05) is 142 Å². The van der Waals surface area contributed by atoms with Crippen molar-refractivity contribution in [1.82, 2.24) is 0 Å². The quantitative estimate of drug-likeness (QED) is 0.390. The summed E-state index contributed by atoms with van der Waals surface area (Å²) in [6, 6.07) is 27.6. The van der Waals surface area contributed by atoms with Gasteiger partial charge in [0.2, 0.25) is 0 Å². The van der Waals surface area contributed by atoms with Gasteiger partial charge in [-0.15, -0.1) is 0 Å². The van der Waals surface area contributed by atoms with Crippen LogP contribution in [0.25, 0.3) is 0 Å². The third-order valence-electron chi connectivity index (χ3n) is 7.27. The molecular formula is C32H42. The zero-order chi connectivity index (χ0) is 23.9. The molecule has 0 heteroatoms. The van der Waals surface area contributed by atoms with Crippen molar-refractivity contribution < 1.29 is 0 Å². The molecule has 32 heavy (non-hydrogen) atoms. The van der Waals surface area contributed by atoms with Crippen LogP contribution in [0, 0.1) is 0 Å². The van der Waals surface area contributed by atoms with Crippen LogP contribution in [0.1, 0.15) is 103 Å². The smallest absolute Gasteiger partial charge is 0.0146 e. The summed E-state index contributed by atoms with van der Waals surface area (Å²) >= 11 is 0. The van der Waals surface area contributed by atoms with Gasteiger partial charge in [0, 0.05) is 10.8 Å². The first-order chi connectivity index (χ1) is 14.6. The third kappa shape index (κ3) is 4.85. The lowest BCUT2D eigenvalue weighted by molar-refractivity contribution is 0.586. The minimum Gasteiger partial charge on any atom is -0.0582 e. The molecule has 0 aromatic heterocycles. The van der Waals surface area contributed by atoms with Crippen LogP contribution in [-0.2, 0) is 21.7 Å². The largest absolute Gasteiger partial charge is 0.0582 e. The van der Waals surface area contributed by atoms with E-state index in [4.69, 9.17) is 0 Å². The van der Waals surface area contributed by atoms with Crippen molar-refractivity contribution in [2.24, 2.45) is 0 Å². The topological polar surface area (TPSA) is 0 Å². The van der Waals surface area contributed by atoms with Gasteiger partial charge in [0.1, 0.15) is 0 Å². The molecule has 0 heterocycles. The molecule has 0 aliphatic carbocycles. The molecule has 0 radical (unpaired) electrons. The van der Waals surface area contributed by atoms with Gasteiger partial charge in [-0.05, 0) is 44.2 Å². The van der Waals surface area contributed by atoms with Crippen LogP contribution in [0.2, 0.25) is 0 Å². The first-order valence-electron chi connectivity index (χ1n) is 12.0. The molecule has 3 aromatic carbocycles. The van der Waals surface area contributed by atoms with E-state index in [9.17, 15) is 0 Å². The van der Waals surface area contributed by atoms with Crippen LogP contribution in [0.5, 0.6) is 0 Å². The molecule has 0 aliphatic rings. The number of benzene rings is 3. The molecule has 0 amide bonds. The molecule has 0 atom stereocenters. The lowest BCUT2D eigenvalue weighted by atomic mass is 9.74. The fraction of sp³-hybridized carbons (Fsp3) is 0.438. The maximum atomic E-state index is 2.32. The number of hydrogen-bond donors (Lipinski definition) is 0. The summed E-state index contributed by atoms with van der Waals surface area (Å²) in [6.07, 6.45) is 0. The van der Waals surface area contributed by atoms with Crippen LogP contribution in [-0.4, -0.2) is 0 Å². The molecule has 3 rings (SSSR count). The van der Waals surface area contributed by atoms with E-state index in [1.807, 2.05) is 0 Å². The molecule has 0 saturated carbocycles. The summed E-state index contributed by atoms with van der Waals surface area (Å²) in [7, 11) is 0. The predicted octanol–water partition coefficient (Wildman–Crippen LogP) is 8.93. The van der Waals surface area contributed by atoms with Gasteiger partial charge in [-0.25, -0.2) is 0 Å². The van der Waals surface area contributed by atoms with Gasteiger partial charge in [0.25, 0.3) is 0 Å². The van der Waals surface area contributed by atoms with Gasteiger partial charge >= 0.3 is 0 Å². The highest BCUT2D eigenvalue weighted by atomic mass is 14.3. The van der Waals surface area contributed by atoms with Gasteiger partial charge in [0.05, 0.1) is 0 Å². The van der Waals surface area contributed by atoms with Crippen LogP contribution in [0.3, 0.4) is 0 Å². The zero-order valence-electron chi connectivity index (χ0n) is 21.9. The Morgan fingerprint density at radius 2 is 0.438 bits per heavy atom. The van der Waals surface area contributed by atoms with Crippen molar-refractivity contribution in [3.8, 4) is 0 Å². The highest BCUT2D eigenvalue weighted by Gasteiger charge is 2.27. The Bertz CT molecular complexity index is 941. The van der Waals surface area contributed by atoms with Gasteiger partial charge < -0.3 is 0 Å². The Hall–Kier alpha value is -2.34. The Morgan fingerprint density at radius 3 is 0.594 bits per heavy atom. The zero-order valence-corrected chi connectivity index (χ0v) is 21.9. The van der Waals surface area contributed by atoms with E-state index in [2.05, 4.69) is 142 Å². The van der Waals surface area contributed by atoms with E-state index >= 15 is 0 Å². The first-order valence-corrected chi connectivity index (χ1v) is 12.0. The van der Waals surface area contributed by atoms with Crippen molar-refractivity contribution in [2.75, 3.05) is 0 Å². The number of hydrogen-bond acceptors (Lipinski definition) is 0. The Balaban J connectivity index is 1.87. The summed E-state index contributed by atoms with van der Waals surface area (Å²) in [6.45, 7) is 22.9. The molecule has 0 aliphatic heterocycles. The lowest BCUT2D eigenvalue weighted by Gasteiger charge is -2.30. The summed E-state index contributed by atoms with van der Waals surface area (Å²) < 4.78 is 0. The molecular weight excluding hydrogens is 384 g/mol. The Labute approximate surface area is 197 Å². The minimum atomic E-state index is -0.0343. The lowest BCUT2D eigenvalue weighted by Crippen LogP contribution is -2.22.